The summed E-state index contributed by atoms with van der Waals surface area (Å²) >= 11 is 0. The van der Waals surface area contributed by atoms with Gasteiger partial charge in [0.05, 0.1) is 12.2 Å². The topological polar surface area (TPSA) is 29.5 Å². The quantitative estimate of drug-likeness (QED) is 0.708. The highest BCUT2D eigenvalue weighted by atomic mass is 19.1. The highest BCUT2D eigenvalue weighted by Crippen LogP contribution is 2.23. The van der Waals surface area contributed by atoms with Crippen LogP contribution in [0.1, 0.15) is 5.56 Å². The van der Waals surface area contributed by atoms with Crippen molar-refractivity contribution in [3.05, 3.63) is 36.5 Å². The highest BCUT2D eigenvalue weighted by molar-refractivity contribution is 5.89. The SMILES string of the molecule is [CH2][C@@H]1CN(c2ccc(C)c(F)c2)C(=O)O1. The first-order valence-electron chi connectivity index (χ1n) is 4.65. The van der Waals surface area contributed by atoms with Gasteiger partial charge in [-0.3, -0.25) is 4.90 Å². The first-order valence-corrected chi connectivity index (χ1v) is 4.65. The molecule has 3 nitrogen and oxygen atoms in total. The molecule has 0 N–H and O–H groups in total. The molecule has 1 radical (unpaired) electrons. The fourth-order valence-corrected chi connectivity index (χ4v) is 1.48. The summed E-state index contributed by atoms with van der Waals surface area (Å²) in [6, 6.07) is 4.65. The Hall–Kier alpha value is -1.58. The number of cyclic esters (lactones) is 1. The normalized spacial score (nSPS) is 20.6. The molecule has 1 aromatic carbocycles. The lowest BCUT2D eigenvalue weighted by Crippen LogP contribution is -2.24. The second kappa shape index (κ2) is 3.53. The van der Waals surface area contributed by atoms with Crippen LogP contribution < -0.4 is 4.90 Å². The highest BCUT2D eigenvalue weighted by Gasteiger charge is 2.29. The molecule has 1 saturated heterocycles. The molecule has 0 unspecified atom stereocenters. The van der Waals surface area contributed by atoms with Crippen LogP contribution in [0, 0.1) is 19.7 Å². The summed E-state index contributed by atoms with van der Waals surface area (Å²) < 4.78 is 18.1. The van der Waals surface area contributed by atoms with E-state index in [-0.39, 0.29) is 11.9 Å². The van der Waals surface area contributed by atoms with E-state index in [0.717, 1.165) is 0 Å². The summed E-state index contributed by atoms with van der Waals surface area (Å²) in [5.41, 5.74) is 1.06. The molecule has 0 bridgehead atoms. The van der Waals surface area contributed by atoms with Crippen molar-refractivity contribution >= 4 is 11.8 Å². The zero-order chi connectivity index (χ0) is 11.0. The van der Waals surface area contributed by atoms with Crippen LogP contribution in [0.25, 0.3) is 0 Å². The Morgan fingerprint density at radius 3 is 2.87 bits per heavy atom. The van der Waals surface area contributed by atoms with E-state index in [0.29, 0.717) is 17.8 Å². The van der Waals surface area contributed by atoms with Crippen molar-refractivity contribution in [2.75, 3.05) is 11.4 Å². The van der Waals surface area contributed by atoms with E-state index in [2.05, 4.69) is 6.92 Å². The van der Waals surface area contributed by atoms with Crippen LogP contribution >= 0.6 is 0 Å². The number of rotatable bonds is 1. The molecule has 0 saturated carbocycles. The molecule has 4 heteroatoms. The maximum Gasteiger partial charge on any atom is 0.414 e. The third-order valence-electron chi connectivity index (χ3n) is 2.34. The Morgan fingerprint density at radius 1 is 1.60 bits per heavy atom. The van der Waals surface area contributed by atoms with Crippen molar-refractivity contribution < 1.29 is 13.9 Å². The molecule has 1 aliphatic heterocycles. The van der Waals surface area contributed by atoms with E-state index in [4.69, 9.17) is 4.74 Å². The molecule has 2 rings (SSSR count). The first-order chi connectivity index (χ1) is 7.08. The Kier molecular flexibility index (Phi) is 2.34. The number of carbonyl (C=O) groups is 1. The summed E-state index contributed by atoms with van der Waals surface area (Å²) in [5, 5.41) is 0. The lowest BCUT2D eigenvalue weighted by Gasteiger charge is -2.13. The van der Waals surface area contributed by atoms with E-state index in [1.807, 2.05) is 0 Å². The van der Waals surface area contributed by atoms with Gasteiger partial charge in [0.2, 0.25) is 0 Å². The monoisotopic (exact) mass is 208 g/mol. The van der Waals surface area contributed by atoms with Gasteiger partial charge in [-0.25, -0.2) is 9.18 Å². The van der Waals surface area contributed by atoms with Crippen molar-refractivity contribution in [3.63, 3.8) is 0 Å². The number of hydrogen-bond donors (Lipinski definition) is 0. The van der Waals surface area contributed by atoms with Crippen LogP contribution in [0.4, 0.5) is 14.9 Å². The minimum atomic E-state index is -0.474. The Bertz CT molecular complexity index is 406. The van der Waals surface area contributed by atoms with Gasteiger partial charge in [0.1, 0.15) is 11.9 Å². The van der Waals surface area contributed by atoms with Crippen LogP contribution in [-0.2, 0) is 4.74 Å². The van der Waals surface area contributed by atoms with Gasteiger partial charge >= 0.3 is 6.09 Å². The number of hydrogen-bond acceptors (Lipinski definition) is 2. The van der Waals surface area contributed by atoms with Gasteiger partial charge in [0, 0.05) is 0 Å². The lowest BCUT2D eigenvalue weighted by molar-refractivity contribution is 0.159. The van der Waals surface area contributed by atoms with Crippen LogP contribution in [0.5, 0.6) is 0 Å². The van der Waals surface area contributed by atoms with Gasteiger partial charge < -0.3 is 4.74 Å². The minimum Gasteiger partial charge on any atom is -0.444 e. The number of aryl methyl sites for hydroxylation is 1. The molecule has 0 spiro atoms. The van der Waals surface area contributed by atoms with Crippen LogP contribution in [-0.4, -0.2) is 18.7 Å². The van der Waals surface area contributed by atoms with Crippen molar-refractivity contribution in [2.24, 2.45) is 0 Å². The van der Waals surface area contributed by atoms with E-state index in [1.54, 1.807) is 19.1 Å². The first kappa shape index (κ1) is 9.96. The van der Waals surface area contributed by atoms with Gasteiger partial charge in [0.25, 0.3) is 0 Å². The summed E-state index contributed by atoms with van der Waals surface area (Å²) in [6.07, 6.45) is -0.861. The molecule has 0 aliphatic carbocycles. The number of amides is 1. The molecule has 1 aromatic rings. The number of carbonyl (C=O) groups excluding carboxylic acids is 1. The molecule has 1 amide bonds. The smallest absolute Gasteiger partial charge is 0.414 e. The van der Waals surface area contributed by atoms with Crippen molar-refractivity contribution in [1.29, 1.82) is 0 Å². The molecule has 1 aliphatic rings. The Balaban J connectivity index is 2.30. The second-order valence-corrected chi connectivity index (χ2v) is 3.55. The van der Waals surface area contributed by atoms with Gasteiger partial charge in [-0.1, -0.05) is 6.07 Å². The number of benzene rings is 1. The van der Waals surface area contributed by atoms with E-state index < -0.39 is 6.09 Å². The van der Waals surface area contributed by atoms with Crippen molar-refractivity contribution in [1.82, 2.24) is 0 Å². The number of halogens is 1. The fourth-order valence-electron chi connectivity index (χ4n) is 1.48. The van der Waals surface area contributed by atoms with E-state index >= 15 is 0 Å². The number of nitrogens with zero attached hydrogens (tertiary/aromatic N) is 1. The van der Waals surface area contributed by atoms with Crippen LogP contribution in [0.2, 0.25) is 0 Å². The molecule has 15 heavy (non-hydrogen) atoms. The third-order valence-corrected chi connectivity index (χ3v) is 2.34. The van der Waals surface area contributed by atoms with Gasteiger partial charge in [0.15, 0.2) is 0 Å². The van der Waals surface area contributed by atoms with Gasteiger partial charge in [-0.15, -0.1) is 0 Å². The zero-order valence-electron chi connectivity index (χ0n) is 8.37. The lowest BCUT2D eigenvalue weighted by atomic mass is 10.2. The molecule has 0 aromatic heterocycles. The third kappa shape index (κ3) is 1.79. The average molecular weight is 208 g/mol. The Morgan fingerprint density at radius 2 is 2.33 bits per heavy atom. The maximum absolute atomic E-state index is 13.3. The summed E-state index contributed by atoms with van der Waals surface area (Å²) in [5.74, 6) is -0.326. The summed E-state index contributed by atoms with van der Waals surface area (Å²) in [6.45, 7) is 5.66. The maximum atomic E-state index is 13.3. The largest absolute Gasteiger partial charge is 0.444 e. The molecule has 79 valence electrons. The number of ether oxygens (including phenoxy) is 1. The average Bonchev–Trinajstić information content (AvgIpc) is 2.50. The summed E-state index contributed by atoms with van der Waals surface area (Å²) in [4.78, 5) is 12.7. The molecular weight excluding hydrogens is 197 g/mol. The minimum absolute atomic E-state index is 0.326. The van der Waals surface area contributed by atoms with Crippen molar-refractivity contribution in [3.8, 4) is 0 Å². The predicted octanol–water partition coefficient (Wildman–Crippen LogP) is 2.29. The van der Waals surface area contributed by atoms with Gasteiger partial charge in [-0.05, 0) is 31.5 Å². The fraction of sp³-hybridized carbons (Fsp3) is 0.273. The molecular formula is C11H11FNO2. The predicted molar refractivity (Wildman–Crippen MR) is 54.1 cm³/mol. The van der Waals surface area contributed by atoms with Crippen molar-refractivity contribution in [2.45, 2.75) is 13.0 Å². The summed E-state index contributed by atoms with van der Waals surface area (Å²) in [7, 11) is 0. The van der Waals surface area contributed by atoms with E-state index in [1.165, 1.54) is 11.0 Å². The molecule has 1 fully saturated rings. The number of anilines is 1. The zero-order valence-corrected chi connectivity index (χ0v) is 8.37. The second-order valence-electron chi connectivity index (χ2n) is 3.55. The van der Waals surface area contributed by atoms with Crippen LogP contribution in [0.15, 0.2) is 18.2 Å². The standard InChI is InChI=1S/C11H11FNO2/c1-7-3-4-9(5-10(7)12)13-6-8(2)15-11(13)14/h3-5,8H,2,6H2,1H3/t8-/m1/s1. The molecule has 1 atom stereocenters. The van der Waals surface area contributed by atoms with E-state index in [9.17, 15) is 9.18 Å². The van der Waals surface area contributed by atoms with Gasteiger partial charge in [-0.2, -0.15) is 0 Å². The van der Waals surface area contributed by atoms with Crippen LogP contribution in [0.3, 0.4) is 0 Å². The molecule has 1 heterocycles. The Labute approximate surface area is 87.5 Å².